The van der Waals surface area contributed by atoms with Gasteiger partial charge in [-0.1, -0.05) is 36.4 Å². The van der Waals surface area contributed by atoms with Gasteiger partial charge in [0.2, 0.25) is 5.82 Å². The Balaban J connectivity index is 1.36. The van der Waals surface area contributed by atoms with Crippen LogP contribution in [-0.4, -0.2) is 32.6 Å². The molecule has 0 unspecified atom stereocenters. The maximum Gasteiger partial charge on any atom is 0.204 e. The summed E-state index contributed by atoms with van der Waals surface area (Å²) >= 11 is 1.75. The van der Waals surface area contributed by atoms with Gasteiger partial charge in [-0.05, 0) is 63.2 Å². The van der Waals surface area contributed by atoms with Crippen molar-refractivity contribution in [1.82, 2.24) is 20.6 Å². The first-order chi connectivity index (χ1) is 15.7. The van der Waals surface area contributed by atoms with Crippen molar-refractivity contribution in [1.29, 1.82) is 0 Å². The zero-order valence-electron chi connectivity index (χ0n) is 16.9. The highest BCUT2D eigenvalue weighted by atomic mass is 32.1. The van der Waals surface area contributed by atoms with Crippen LogP contribution in [0.3, 0.4) is 0 Å². The monoisotopic (exact) mass is 435 g/mol. The molecule has 6 rings (SSSR count). The predicted molar refractivity (Wildman–Crippen MR) is 126 cm³/mol. The van der Waals surface area contributed by atoms with Crippen molar-refractivity contribution in [2.24, 2.45) is 4.99 Å². The van der Waals surface area contributed by atoms with E-state index in [1.54, 1.807) is 11.3 Å². The number of nitrogens with zero attached hydrogens (tertiary/aromatic N) is 4. The second kappa shape index (κ2) is 7.62. The van der Waals surface area contributed by atoms with Crippen molar-refractivity contribution < 1.29 is 4.79 Å². The van der Waals surface area contributed by atoms with Crippen LogP contribution in [0, 0.1) is 0 Å². The van der Waals surface area contributed by atoms with Gasteiger partial charge >= 0.3 is 0 Å². The average molecular weight is 436 g/mol. The maximum atomic E-state index is 13.3. The number of thiophene rings is 1. The van der Waals surface area contributed by atoms with Crippen molar-refractivity contribution in [2.45, 2.75) is 13.0 Å². The van der Waals surface area contributed by atoms with Gasteiger partial charge in [0.1, 0.15) is 0 Å². The molecule has 154 valence electrons. The molecule has 1 aliphatic rings. The Morgan fingerprint density at radius 2 is 1.97 bits per heavy atom. The Kier molecular flexibility index (Phi) is 4.47. The lowest BCUT2D eigenvalue weighted by Crippen LogP contribution is -2.06. The number of ketones is 1. The summed E-state index contributed by atoms with van der Waals surface area (Å²) in [5.74, 6) is 0.584. The van der Waals surface area contributed by atoms with Crippen LogP contribution in [0.5, 0.6) is 0 Å². The molecular weight excluding hydrogens is 418 g/mol. The third kappa shape index (κ3) is 3.33. The lowest BCUT2D eigenvalue weighted by molar-refractivity contribution is 0.0993. The van der Waals surface area contributed by atoms with Gasteiger partial charge < -0.3 is 0 Å². The topological polar surface area (TPSA) is 83.9 Å². The van der Waals surface area contributed by atoms with Crippen molar-refractivity contribution >= 4 is 33.4 Å². The number of fused-ring (bicyclic) bond motifs is 2. The van der Waals surface area contributed by atoms with Crippen LogP contribution in [-0.2, 0) is 13.0 Å². The molecule has 2 aromatic heterocycles. The molecular formula is C25H17N5OS. The van der Waals surface area contributed by atoms with E-state index in [1.165, 1.54) is 20.5 Å². The lowest BCUT2D eigenvalue weighted by atomic mass is 9.94. The molecule has 0 aliphatic carbocycles. The highest BCUT2D eigenvalue weighted by Crippen LogP contribution is 2.38. The molecule has 1 aliphatic heterocycles. The van der Waals surface area contributed by atoms with Crippen molar-refractivity contribution in [3.05, 3.63) is 89.0 Å². The van der Waals surface area contributed by atoms with E-state index in [0.29, 0.717) is 24.4 Å². The Labute approximate surface area is 187 Å². The second-order valence-corrected chi connectivity index (χ2v) is 8.83. The summed E-state index contributed by atoms with van der Waals surface area (Å²) in [4.78, 5) is 18.9. The van der Waals surface area contributed by atoms with Crippen LogP contribution in [0.15, 0.2) is 71.7 Å². The molecule has 0 fully saturated rings. The number of benzene rings is 3. The first-order valence-corrected chi connectivity index (χ1v) is 11.1. The zero-order chi connectivity index (χ0) is 21.5. The molecule has 3 aromatic carbocycles. The molecule has 0 amide bonds. The molecule has 6 nitrogen and oxygen atoms in total. The number of aromatic amines is 1. The number of carbonyl (C=O) groups excluding carboxylic acids is 1. The minimum absolute atomic E-state index is 0.0701. The van der Waals surface area contributed by atoms with Gasteiger partial charge in [0.15, 0.2) is 5.78 Å². The first kappa shape index (κ1) is 18.8. The highest BCUT2D eigenvalue weighted by molar-refractivity contribution is 7.22. The van der Waals surface area contributed by atoms with Crippen molar-refractivity contribution in [3.63, 3.8) is 0 Å². The summed E-state index contributed by atoms with van der Waals surface area (Å²) in [5, 5.41) is 15.3. The maximum absolute atomic E-state index is 13.3. The van der Waals surface area contributed by atoms with E-state index in [1.807, 2.05) is 42.6 Å². The van der Waals surface area contributed by atoms with Crippen LogP contribution in [0.1, 0.15) is 27.0 Å². The van der Waals surface area contributed by atoms with E-state index in [-0.39, 0.29) is 5.78 Å². The Bertz CT molecular complexity index is 1470. The van der Waals surface area contributed by atoms with E-state index in [9.17, 15) is 4.79 Å². The molecule has 0 spiro atoms. The van der Waals surface area contributed by atoms with E-state index >= 15 is 0 Å². The third-order valence-corrected chi connectivity index (χ3v) is 6.82. The summed E-state index contributed by atoms with van der Waals surface area (Å²) in [6.45, 7) is 0.653. The van der Waals surface area contributed by atoms with E-state index in [0.717, 1.165) is 22.3 Å². The number of hydrogen-bond acceptors (Lipinski definition) is 6. The standard InChI is InChI=1S/C25H17N5OS/c31-22(9-15-4-3-6-17(8-15)25-27-29-30-28-25)18-10-19-13-26-14-21(19)20(11-18)24-12-16-5-1-2-7-23(16)32-24/h1-8,10-13H,9,14H2,(H,27,28,29,30). The summed E-state index contributed by atoms with van der Waals surface area (Å²) in [5.41, 5.74) is 5.77. The molecule has 0 saturated heterocycles. The summed E-state index contributed by atoms with van der Waals surface area (Å²) in [6, 6.07) is 22.3. The molecule has 5 aromatic rings. The quantitative estimate of drug-likeness (QED) is 0.389. The van der Waals surface area contributed by atoms with Crippen LogP contribution < -0.4 is 0 Å². The number of carbonyl (C=O) groups is 1. The van der Waals surface area contributed by atoms with Gasteiger partial charge in [-0.15, -0.1) is 21.5 Å². The summed E-state index contributed by atoms with van der Waals surface area (Å²) < 4.78 is 1.24. The molecule has 7 heteroatoms. The lowest BCUT2D eigenvalue weighted by Gasteiger charge is -2.10. The van der Waals surface area contributed by atoms with E-state index < -0.39 is 0 Å². The Morgan fingerprint density at radius 1 is 1.03 bits per heavy atom. The predicted octanol–water partition coefficient (Wildman–Crippen LogP) is 5.11. The molecule has 0 bridgehead atoms. The van der Waals surface area contributed by atoms with Gasteiger partial charge in [0, 0.05) is 33.3 Å². The van der Waals surface area contributed by atoms with Gasteiger partial charge in [0.25, 0.3) is 0 Å². The van der Waals surface area contributed by atoms with Gasteiger partial charge in [0.05, 0.1) is 6.54 Å². The average Bonchev–Trinajstić information content (AvgIpc) is 3.59. The zero-order valence-corrected chi connectivity index (χ0v) is 17.8. The molecule has 1 N–H and O–H groups in total. The third-order valence-electron chi connectivity index (χ3n) is 5.67. The highest BCUT2D eigenvalue weighted by Gasteiger charge is 2.19. The van der Waals surface area contributed by atoms with Crippen LogP contribution in [0.2, 0.25) is 0 Å². The number of H-pyrrole nitrogens is 1. The number of rotatable bonds is 5. The largest absolute Gasteiger partial charge is 0.294 e. The number of Topliss-reactive ketones (excluding diaryl/α,β-unsaturated/α-hetero) is 1. The minimum Gasteiger partial charge on any atom is -0.294 e. The fourth-order valence-electron chi connectivity index (χ4n) is 4.11. The number of tetrazole rings is 1. The molecule has 3 heterocycles. The normalized spacial score (nSPS) is 12.4. The van der Waals surface area contributed by atoms with Crippen molar-refractivity contribution in [3.8, 4) is 21.8 Å². The smallest absolute Gasteiger partial charge is 0.204 e. The number of nitrogens with one attached hydrogen (secondary N) is 1. The van der Waals surface area contributed by atoms with Crippen LogP contribution >= 0.6 is 11.3 Å². The Hall–Kier alpha value is -3.97. The van der Waals surface area contributed by atoms with Crippen LogP contribution in [0.4, 0.5) is 0 Å². The minimum atomic E-state index is 0.0701. The van der Waals surface area contributed by atoms with Gasteiger partial charge in [-0.2, -0.15) is 5.21 Å². The van der Waals surface area contributed by atoms with Gasteiger partial charge in [-0.3, -0.25) is 9.79 Å². The van der Waals surface area contributed by atoms with Gasteiger partial charge in [-0.25, -0.2) is 0 Å². The summed E-state index contributed by atoms with van der Waals surface area (Å²) in [6.07, 6.45) is 2.17. The number of aromatic nitrogens is 4. The van der Waals surface area contributed by atoms with E-state index in [2.05, 4.69) is 55.9 Å². The Morgan fingerprint density at radius 3 is 2.84 bits per heavy atom. The fourth-order valence-corrected chi connectivity index (χ4v) is 5.22. The molecule has 0 atom stereocenters. The molecule has 0 radical (unpaired) electrons. The first-order valence-electron chi connectivity index (χ1n) is 10.3. The second-order valence-electron chi connectivity index (χ2n) is 7.75. The fraction of sp³-hybridized carbons (Fsp3) is 0.0800. The number of hydrogen-bond donors (Lipinski definition) is 1. The van der Waals surface area contributed by atoms with Crippen molar-refractivity contribution in [2.75, 3.05) is 0 Å². The summed E-state index contributed by atoms with van der Waals surface area (Å²) in [7, 11) is 0. The molecule has 32 heavy (non-hydrogen) atoms. The molecule has 0 saturated carbocycles. The number of aliphatic imine (C=N–C) groups is 1. The van der Waals surface area contributed by atoms with E-state index in [4.69, 9.17) is 0 Å². The van der Waals surface area contributed by atoms with Crippen LogP contribution in [0.25, 0.3) is 31.9 Å². The SMILES string of the molecule is O=C(Cc1cccc(-c2nn[nH]n2)c1)c1cc2c(c(-c3cc4ccccc4s3)c1)CN=C2.